The van der Waals surface area contributed by atoms with Gasteiger partial charge in [0, 0.05) is 51.3 Å². The van der Waals surface area contributed by atoms with Gasteiger partial charge in [0.2, 0.25) is 0 Å². The summed E-state index contributed by atoms with van der Waals surface area (Å²) in [5.74, 6) is 1.33. The highest BCUT2D eigenvalue weighted by atomic mass is 16.5. The normalized spacial score (nSPS) is 20.9. The molecule has 0 bridgehead atoms. The average Bonchev–Trinajstić information content (AvgIpc) is 3.21. The smallest absolute Gasteiger partial charge is 0.119 e. The molecule has 0 saturated carbocycles. The molecule has 1 aliphatic rings. The first kappa shape index (κ1) is 16.5. The van der Waals surface area contributed by atoms with Gasteiger partial charge in [0.25, 0.3) is 0 Å². The number of hydrogen-bond acceptors (Lipinski definition) is 5. The minimum Gasteiger partial charge on any atom is -0.492 e. The Morgan fingerprint density at radius 2 is 2.12 bits per heavy atom. The van der Waals surface area contributed by atoms with Crippen LogP contribution in [0.5, 0.6) is 5.75 Å². The van der Waals surface area contributed by atoms with Gasteiger partial charge in [-0.2, -0.15) is 10.4 Å². The Morgan fingerprint density at radius 3 is 2.75 bits per heavy atom. The van der Waals surface area contributed by atoms with Crippen LogP contribution in [0, 0.1) is 17.2 Å². The molecule has 0 aliphatic carbocycles. The molecule has 1 aromatic heterocycles. The van der Waals surface area contributed by atoms with E-state index in [9.17, 15) is 5.11 Å². The highest BCUT2D eigenvalue weighted by Crippen LogP contribution is 2.31. The lowest BCUT2D eigenvalue weighted by atomic mass is 9.92. The molecule has 6 nitrogen and oxygen atoms in total. The zero-order valence-electron chi connectivity index (χ0n) is 13.8. The molecule has 0 spiro atoms. The summed E-state index contributed by atoms with van der Waals surface area (Å²) in [6, 6.07) is 9.24. The van der Waals surface area contributed by atoms with Crippen LogP contribution in [0.1, 0.15) is 17.0 Å². The predicted octanol–water partition coefficient (Wildman–Crippen LogP) is 1.38. The highest BCUT2D eigenvalue weighted by Gasteiger charge is 2.33. The Hall–Kier alpha value is -2.36. The molecule has 1 fully saturated rings. The molecule has 1 aliphatic heterocycles. The van der Waals surface area contributed by atoms with Crippen LogP contribution in [0.25, 0.3) is 0 Å². The number of nitriles is 1. The molecule has 2 aromatic rings. The van der Waals surface area contributed by atoms with Crippen LogP contribution in [-0.4, -0.2) is 52.6 Å². The molecular weight excluding hydrogens is 304 g/mol. The first-order valence-electron chi connectivity index (χ1n) is 8.14. The lowest BCUT2D eigenvalue weighted by Crippen LogP contribution is -2.26. The summed E-state index contributed by atoms with van der Waals surface area (Å²) in [6.07, 6.45) is 3.92. The van der Waals surface area contributed by atoms with Crippen LogP contribution in [0.15, 0.2) is 36.7 Å². The van der Waals surface area contributed by atoms with Crippen molar-refractivity contribution in [2.45, 2.75) is 5.92 Å². The van der Waals surface area contributed by atoms with E-state index in [4.69, 9.17) is 10.00 Å². The highest BCUT2D eigenvalue weighted by molar-refractivity contribution is 5.34. The van der Waals surface area contributed by atoms with Crippen LogP contribution < -0.4 is 4.74 Å². The molecule has 24 heavy (non-hydrogen) atoms. The molecule has 1 aromatic carbocycles. The largest absolute Gasteiger partial charge is 0.492 e. The van der Waals surface area contributed by atoms with E-state index < -0.39 is 0 Å². The maximum absolute atomic E-state index is 9.66. The van der Waals surface area contributed by atoms with Crippen molar-refractivity contribution in [2.24, 2.45) is 13.0 Å². The summed E-state index contributed by atoms with van der Waals surface area (Å²) in [4.78, 5) is 2.32. The molecule has 6 heteroatoms. The van der Waals surface area contributed by atoms with Crippen molar-refractivity contribution >= 4 is 0 Å². The minimum absolute atomic E-state index is 0.187. The molecule has 2 heterocycles. The third-order valence-electron chi connectivity index (χ3n) is 4.56. The van der Waals surface area contributed by atoms with Gasteiger partial charge in [0.05, 0.1) is 17.8 Å². The number of aliphatic hydroxyl groups is 1. The van der Waals surface area contributed by atoms with Crippen molar-refractivity contribution in [1.82, 2.24) is 14.7 Å². The lowest BCUT2D eigenvalue weighted by Gasteiger charge is -2.16. The van der Waals surface area contributed by atoms with Gasteiger partial charge in [-0.25, -0.2) is 0 Å². The quantitative estimate of drug-likeness (QED) is 0.868. The number of aromatic nitrogens is 2. The third-order valence-corrected chi connectivity index (χ3v) is 4.56. The van der Waals surface area contributed by atoms with Gasteiger partial charge in [-0.05, 0) is 29.8 Å². The lowest BCUT2D eigenvalue weighted by molar-refractivity contribution is 0.202. The van der Waals surface area contributed by atoms with Crippen LogP contribution in [0.2, 0.25) is 0 Å². The van der Waals surface area contributed by atoms with Gasteiger partial charge in [0.1, 0.15) is 12.4 Å². The van der Waals surface area contributed by atoms with Crippen LogP contribution in [0.4, 0.5) is 0 Å². The van der Waals surface area contributed by atoms with Gasteiger partial charge >= 0.3 is 0 Å². The summed E-state index contributed by atoms with van der Waals surface area (Å²) >= 11 is 0. The third kappa shape index (κ3) is 3.75. The van der Waals surface area contributed by atoms with E-state index in [1.807, 2.05) is 31.6 Å². The van der Waals surface area contributed by atoms with Crippen molar-refractivity contribution in [1.29, 1.82) is 5.26 Å². The average molecular weight is 326 g/mol. The number of likely N-dealkylation sites (tertiary alicyclic amines) is 1. The standard InChI is InChI=1S/C18H22N4O2/c1-21-10-15(9-20-21)18-12-22(11-16(18)13-23)6-7-24-17-4-2-14(8-19)3-5-17/h2-5,9-10,16,18,23H,6-7,11-13H2,1H3/t16-,18-/m0/s1. The second-order valence-electron chi connectivity index (χ2n) is 6.24. The Morgan fingerprint density at radius 1 is 1.33 bits per heavy atom. The van der Waals surface area contributed by atoms with Gasteiger partial charge in [-0.3, -0.25) is 9.58 Å². The van der Waals surface area contributed by atoms with Gasteiger partial charge < -0.3 is 9.84 Å². The van der Waals surface area contributed by atoms with Crippen LogP contribution in [-0.2, 0) is 7.05 Å². The molecule has 0 amide bonds. The molecule has 1 saturated heterocycles. The molecule has 3 rings (SSSR count). The molecule has 1 N–H and O–H groups in total. The summed E-state index contributed by atoms with van der Waals surface area (Å²) in [7, 11) is 1.91. The first-order valence-corrected chi connectivity index (χ1v) is 8.14. The van der Waals surface area contributed by atoms with E-state index >= 15 is 0 Å². The fourth-order valence-electron chi connectivity index (χ4n) is 3.26. The number of aliphatic hydroxyl groups excluding tert-OH is 1. The summed E-state index contributed by atoms with van der Waals surface area (Å²) in [5, 5.41) is 22.7. The van der Waals surface area contributed by atoms with Gasteiger partial charge in [-0.1, -0.05) is 0 Å². The van der Waals surface area contributed by atoms with Crippen molar-refractivity contribution in [2.75, 3.05) is 32.8 Å². The Balaban J connectivity index is 1.51. The summed E-state index contributed by atoms with van der Waals surface area (Å²) in [6.45, 7) is 3.37. The second-order valence-corrected chi connectivity index (χ2v) is 6.24. The first-order chi connectivity index (χ1) is 11.7. The molecule has 0 radical (unpaired) electrons. The molecular formula is C18H22N4O2. The van der Waals surface area contributed by atoms with E-state index in [0.29, 0.717) is 18.1 Å². The fourth-order valence-corrected chi connectivity index (χ4v) is 3.26. The van der Waals surface area contributed by atoms with Crippen LogP contribution in [0.3, 0.4) is 0 Å². The number of benzene rings is 1. The summed E-state index contributed by atoms with van der Waals surface area (Å²) in [5.41, 5.74) is 1.82. The molecule has 0 unspecified atom stereocenters. The van der Waals surface area contributed by atoms with E-state index in [1.165, 1.54) is 5.56 Å². The van der Waals surface area contributed by atoms with E-state index in [1.54, 1.807) is 16.8 Å². The number of ether oxygens (including phenoxy) is 1. The van der Waals surface area contributed by atoms with Crippen molar-refractivity contribution in [3.63, 3.8) is 0 Å². The maximum atomic E-state index is 9.66. The molecule has 2 atom stereocenters. The van der Waals surface area contributed by atoms with E-state index in [2.05, 4.69) is 16.1 Å². The fraction of sp³-hybridized carbons (Fsp3) is 0.444. The number of hydrogen-bond donors (Lipinski definition) is 1. The predicted molar refractivity (Wildman–Crippen MR) is 89.6 cm³/mol. The molecule has 126 valence electrons. The number of aryl methyl sites for hydroxylation is 1. The van der Waals surface area contributed by atoms with Gasteiger partial charge in [0.15, 0.2) is 0 Å². The monoisotopic (exact) mass is 326 g/mol. The Bertz CT molecular complexity index is 705. The topological polar surface area (TPSA) is 74.3 Å². The maximum Gasteiger partial charge on any atom is 0.119 e. The summed E-state index contributed by atoms with van der Waals surface area (Å²) < 4.78 is 7.56. The van der Waals surface area contributed by atoms with E-state index in [-0.39, 0.29) is 12.5 Å². The SMILES string of the molecule is Cn1cc([C@@H]2CN(CCOc3ccc(C#N)cc3)C[C@H]2CO)cn1. The van der Waals surface area contributed by atoms with Crippen molar-refractivity contribution < 1.29 is 9.84 Å². The number of nitrogens with zero attached hydrogens (tertiary/aromatic N) is 4. The zero-order valence-corrected chi connectivity index (χ0v) is 13.8. The minimum atomic E-state index is 0.187. The van der Waals surface area contributed by atoms with Gasteiger partial charge in [-0.15, -0.1) is 0 Å². The van der Waals surface area contributed by atoms with Crippen molar-refractivity contribution in [3.8, 4) is 11.8 Å². The van der Waals surface area contributed by atoms with E-state index in [0.717, 1.165) is 25.4 Å². The Kier molecular flexibility index (Phi) is 5.14. The van der Waals surface area contributed by atoms with Crippen LogP contribution >= 0.6 is 0 Å². The zero-order chi connectivity index (χ0) is 16.9. The Labute approximate surface area is 141 Å². The van der Waals surface area contributed by atoms with Crippen molar-refractivity contribution in [3.05, 3.63) is 47.8 Å². The second kappa shape index (κ2) is 7.47. The number of rotatable bonds is 6.